The minimum absolute atomic E-state index is 0.0122. The van der Waals surface area contributed by atoms with Crippen molar-refractivity contribution in [1.29, 1.82) is 0 Å². The van der Waals surface area contributed by atoms with Crippen molar-refractivity contribution in [2.75, 3.05) is 4.90 Å². The third-order valence-electron chi connectivity index (χ3n) is 6.19. The molecule has 192 valence electrons. The normalized spacial score (nSPS) is 16.8. The van der Waals surface area contributed by atoms with Crippen molar-refractivity contribution in [3.63, 3.8) is 0 Å². The van der Waals surface area contributed by atoms with E-state index in [1.165, 1.54) is 22.7 Å². The Kier molecular flexibility index (Phi) is 7.47. The lowest BCUT2D eigenvalue weighted by atomic mass is 9.93. The number of carbonyl (C=O) groups excluding carboxylic acids is 2. The molecule has 2 heterocycles. The minimum atomic E-state index is -0.902. The molecule has 3 aromatic carbocycles. The molecule has 1 N–H and O–H groups in total. The Morgan fingerprint density at radius 1 is 1.08 bits per heavy atom. The summed E-state index contributed by atoms with van der Waals surface area (Å²) in [6, 6.07) is 18.3. The fraction of sp³-hybridized carbons (Fsp3) is 0.143. The monoisotopic (exact) mass is 609 g/mol. The fourth-order valence-electron chi connectivity index (χ4n) is 4.24. The average molecular weight is 611 g/mol. The second kappa shape index (κ2) is 10.8. The Hall–Kier alpha value is -3.34. The molecule has 6 nitrogen and oxygen atoms in total. The molecule has 1 aromatic heterocycles. The van der Waals surface area contributed by atoms with Crippen molar-refractivity contribution in [2.24, 2.45) is 0 Å². The SMILES string of the molecule is Cc1ccc(C)c(C(O)=C2C(=O)C(=O)N(c3nnc(SCc4ccccc4F)s3)C2c2ccc(Br)cc2)c1. The van der Waals surface area contributed by atoms with Crippen LogP contribution in [-0.2, 0) is 15.3 Å². The molecule has 5 rings (SSSR count). The first-order valence-electron chi connectivity index (χ1n) is 11.6. The van der Waals surface area contributed by atoms with Crippen LogP contribution in [0.2, 0.25) is 0 Å². The lowest BCUT2D eigenvalue weighted by Crippen LogP contribution is -2.29. The van der Waals surface area contributed by atoms with Crippen molar-refractivity contribution >= 4 is 61.6 Å². The van der Waals surface area contributed by atoms with Crippen LogP contribution >= 0.6 is 39.0 Å². The maximum Gasteiger partial charge on any atom is 0.301 e. The van der Waals surface area contributed by atoms with Crippen LogP contribution in [-0.4, -0.2) is 27.0 Å². The summed E-state index contributed by atoms with van der Waals surface area (Å²) >= 11 is 5.85. The van der Waals surface area contributed by atoms with Gasteiger partial charge in [-0.2, -0.15) is 0 Å². The van der Waals surface area contributed by atoms with Gasteiger partial charge in [-0.25, -0.2) is 4.39 Å². The van der Waals surface area contributed by atoms with E-state index in [4.69, 9.17) is 0 Å². The molecule has 4 aromatic rings. The molecule has 1 amide bonds. The third kappa shape index (κ3) is 5.03. The highest BCUT2D eigenvalue weighted by Gasteiger charge is 2.48. The van der Waals surface area contributed by atoms with E-state index in [0.717, 1.165) is 26.9 Å². The molecule has 0 radical (unpaired) electrons. The van der Waals surface area contributed by atoms with Gasteiger partial charge in [-0.05, 0) is 54.8 Å². The van der Waals surface area contributed by atoms with Gasteiger partial charge < -0.3 is 5.11 Å². The molecule has 1 saturated heterocycles. The molecule has 10 heteroatoms. The molecule has 1 aliphatic heterocycles. The van der Waals surface area contributed by atoms with Gasteiger partial charge in [-0.3, -0.25) is 14.5 Å². The van der Waals surface area contributed by atoms with Gasteiger partial charge in [0, 0.05) is 15.8 Å². The van der Waals surface area contributed by atoms with Crippen LogP contribution in [0.1, 0.15) is 33.9 Å². The van der Waals surface area contributed by atoms with E-state index < -0.39 is 17.7 Å². The predicted octanol–water partition coefficient (Wildman–Crippen LogP) is 6.98. The first-order chi connectivity index (χ1) is 18.2. The molecule has 0 bridgehead atoms. The van der Waals surface area contributed by atoms with Gasteiger partial charge in [0.05, 0.1) is 11.6 Å². The number of hydrogen-bond acceptors (Lipinski definition) is 7. The van der Waals surface area contributed by atoms with Crippen molar-refractivity contribution in [2.45, 2.75) is 30.0 Å². The number of benzene rings is 3. The quantitative estimate of drug-likeness (QED) is 0.0835. The Morgan fingerprint density at radius 2 is 1.82 bits per heavy atom. The Balaban J connectivity index is 1.57. The van der Waals surface area contributed by atoms with Gasteiger partial charge in [-0.15, -0.1) is 10.2 Å². The third-order valence-corrected chi connectivity index (χ3v) is 8.82. The zero-order valence-electron chi connectivity index (χ0n) is 20.3. The van der Waals surface area contributed by atoms with Crippen molar-refractivity contribution in [3.8, 4) is 0 Å². The number of aromatic nitrogens is 2. The molecule has 0 spiro atoms. The number of ketones is 1. The molecule has 0 aliphatic carbocycles. The summed E-state index contributed by atoms with van der Waals surface area (Å²) in [7, 11) is 0. The summed E-state index contributed by atoms with van der Waals surface area (Å²) in [5, 5.41) is 20.0. The zero-order valence-corrected chi connectivity index (χ0v) is 23.5. The molecular formula is C28H21BrFN3O3S2. The standard InChI is InChI=1S/C28H21BrFN3O3S2/c1-15-7-8-16(2)20(13-15)24(34)22-23(17-9-11-19(29)12-10-17)33(26(36)25(22)35)27-31-32-28(38-27)37-14-18-5-3-4-6-21(18)30/h3-13,23,34H,14H2,1-2H3. The van der Waals surface area contributed by atoms with E-state index in [2.05, 4.69) is 26.1 Å². The topological polar surface area (TPSA) is 83.4 Å². The first kappa shape index (κ1) is 26.3. The van der Waals surface area contributed by atoms with E-state index in [1.807, 2.05) is 38.1 Å². The maximum atomic E-state index is 14.0. The number of anilines is 1. The predicted molar refractivity (Wildman–Crippen MR) is 151 cm³/mol. The Bertz CT molecular complexity index is 1590. The minimum Gasteiger partial charge on any atom is -0.507 e. The molecule has 1 atom stereocenters. The van der Waals surface area contributed by atoms with Crippen molar-refractivity contribution in [1.82, 2.24) is 10.2 Å². The van der Waals surface area contributed by atoms with Gasteiger partial charge in [-0.1, -0.05) is 87.1 Å². The lowest BCUT2D eigenvalue weighted by molar-refractivity contribution is -0.132. The van der Waals surface area contributed by atoms with Crippen LogP contribution < -0.4 is 4.90 Å². The van der Waals surface area contributed by atoms with Crippen LogP contribution in [0.4, 0.5) is 9.52 Å². The number of carbonyl (C=O) groups is 2. The molecule has 1 fully saturated rings. The number of halogens is 2. The number of Topliss-reactive ketones (excluding diaryl/α,β-unsaturated/α-hetero) is 1. The second-order valence-corrected chi connectivity index (χ2v) is 11.9. The first-order valence-corrected chi connectivity index (χ1v) is 14.2. The van der Waals surface area contributed by atoms with Crippen LogP contribution in [0.25, 0.3) is 5.76 Å². The number of aliphatic hydroxyl groups is 1. The van der Waals surface area contributed by atoms with Crippen LogP contribution in [0.15, 0.2) is 81.1 Å². The number of nitrogens with zero attached hydrogens (tertiary/aromatic N) is 3. The highest BCUT2D eigenvalue weighted by molar-refractivity contribution is 9.10. The molecule has 0 saturated carbocycles. The van der Waals surface area contributed by atoms with Gasteiger partial charge in [0.15, 0.2) is 4.34 Å². The van der Waals surface area contributed by atoms with Crippen molar-refractivity contribution < 1.29 is 19.1 Å². The largest absolute Gasteiger partial charge is 0.507 e. The zero-order chi connectivity index (χ0) is 27.0. The summed E-state index contributed by atoms with van der Waals surface area (Å²) in [6.07, 6.45) is 0. The van der Waals surface area contributed by atoms with Gasteiger partial charge >= 0.3 is 5.91 Å². The summed E-state index contributed by atoms with van der Waals surface area (Å²) in [6.45, 7) is 3.73. The summed E-state index contributed by atoms with van der Waals surface area (Å²) in [5.41, 5.74) is 3.32. The molecule has 1 aliphatic rings. The summed E-state index contributed by atoms with van der Waals surface area (Å²) in [5.74, 6) is -1.81. The number of aryl methyl sites for hydroxylation is 2. The lowest BCUT2D eigenvalue weighted by Gasteiger charge is -2.22. The average Bonchev–Trinajstić information content (AvgIpc) is 3.47. The number of aliphatic hydroxyl groups excluding tert-OH is 1. The molecular weight excluding hydrogens is 589 g/mol. The highest BCUT2D eigenvalue weighted by atomic mass is 79.9. The van der Waals surface area contributed by atoms with Gasteiger partial charge in [0.1, 0.15) is 11.6 Å². The van der Waals surface area contributed by atoms with E-state index in [0.29, 0.717) is 26.8 Å². The van der Waals surface area contributed by atoms with E-state index >= 15 is 0 Å². The van der Waals surface area contributed by atoms with E-state index in [9.17, 15) is 19.1 Å². The van der Waals surface area contributed by atoms with E-state index in [1.54, 1.807) is 36.4 Å². The van der Waals surface area contributed by atoms with Crippen molar-refractivity contribution in [3.05, 3.63) is 110 Å². The Morgan fingerprint density at radius 3 is 2.55 bits per heavy atom. The fourth-order valence-corrected chi connectivity index (χ4v) is 6.36. The summed E-state index contributed by atoms with van der Waals surface area (Å²) in [4.78, 5) is 28.1. The maximum absolute atomic E-state index is 14.0. The summed E-state index contributed by atoms with van der Waals surface area (Å²) < 4.78 is 15.4. The smallest absolute Gasteiger partial charge is 0.301 e. The van der Waals surface area contributed by atoms with Gasteiger partial charge in [0.2, 0.25) is 5.13 Å². The molecule has 1 unspecified atom stereocenters. The number of amides is 1. The van der Waals surface area contributed by atoms with Gasteiger partial charge in [0.25, 0.3) is 5.78 Å². The van der Waals surface area contributed by atoms with Crippen LogP contribution in [0.3, 0.4) is 0 Å². The number of thioether (sulfide) groups is 1. The van der Waals surface area contributed by atoms with Crippen LogP contribution in [0.5, 0.6) is 0 Å². The Labute approximate surface area is 235 Å². The highest BCUT2D eigenvalue weighted by Crippen LogP contribution is 2.44. The second-order valence-electron chi connectivity index (χ2n) is 8.77. The number of rotatable bonds is 6. The number of hydrogen-bond donors (Lipinski definition) is 1. The molecule has 38 heavy (non-hydrogen) atoms. The van der Waals surface area contributed by atoms with E-state index in [-0.39, 0.29) is 22.3 Å². The van der Waals surface area contributed by atoms with Crippen LogP contribution in [0, 0.1) is 19.7 Å².